The summed E-state index contributed by atoms with van der Waals surface area (Å²) in [5, 5.41) is 4.21. The Morgan fingerprint density at radius 2 is 1.90 bits per heavy atom. The normalized spacial score (nSPS) is 21.9. The van der Waals surface area contributed by atoms with Crippen molar-refractivity contribution in [2.45, 2.75) is 18.1 Å². The van der Waals surface area contributed by atoms with E-state index in [2.05, 4.69) is 23.7 Å². The van der Waals surface area contributed by atoms with Crippen LogP contribution in [0, 0.1) is 0 Å². The summed E-state index contributed by atoms with van der Waals surface area (Å²) in [6.07, 6.45) is 2.64. The molecule has 0 amide bonds. The molecule has 10 heavy (non-hydrogen) atoms. The molecule has 0 aromatic carbocycles. The molecule has 2 nitrogen and oxygen atoms in total. The summed E-state index contributed by atoms with van der Waals surface area (Å²) in [5.41, 5.74) is 0. The van der Waals surface area contributed by atoms with Crippen LogP contribution in [0.2, 0.25) is 0 Å². The molecule has 1 heterocycles. The second kappa shape index (κ2) is 4.21. The molecule has 0 aliphatic carbocycles. The maximum Gasteiger partial charge on any atom is 0.0219 e. The van der Waals surface area contributed by atoms with E-state index in [1.165, 1.54) is 25.9 Å². The van der Waals surface area contributed by atoms with Crippen LogP contribution >= 0.6 is 11.9 Å². The van der Waals surface area contributed by atoms with Crippen molar-refractivity contribution in [1.82, 2.24) is 9.62 Å². The largest absolute Gasteiger partial charge is 0.317 e. The molecular weight excluding hydrogens is 144 g/mol. The van der Waals surface area contributed by atoms with Crippen molar-refractivity contribution in [3.63, 3.8) is 0 Å². The van der Waals surface area contributed by atoms with Gasteiger partial charge in [-0.15, -0.1) is 0 Å². The lowest BCUT2D eigenvalue weighted by atomic mass is 10.2. The highest BCUT2D eigenvalue weighted by Gasteiger charge is 2.13. The zero-order valence-electron chi connectivity index (χ0n) is 6.76. The number of nitrogens with one attached hydrogen (secondary N) is 1. The second-order valence-electron chi connectivity index (χ2n) is 2.87. The van der Waals surface area contributed by atoms with E-state index >= 15 is 0 Å². The van der Waals surface area contributed by atoms with Crippen LogP contribution in [0.5, 0.6) is 0 Å². The van der Waals surface area contributed by atoms with Crippen LogP contribution < -0.4 is 5.32 Å². The Labute approximate surface area is 67.5 Å². The lowest BCUT2D eigenvalue weighted by molar-refractivity contribution is 0.523. The minimum Gasteiger partial charge on any atom is -0.317 e. The Hall–Kier alpha value is 0.270. The van der Waals surface area contributed by atoms with Crippen LogP contribution in [0.25, 0.3) is 0 Å². The molecule has 0 atom stereocenters. The van der Waals surface area contributed by atoms with E-state index in [-0.39, 0.29) is 0 Å². The van der Waals surface area contributed by atoms with E-state index < -0.39 is 0 Å². The van der Waals surface area contributed by atoms with Gasteiger partial charge in [0, 0.05) is 5.25 Å². The van der Waals surface area contributed by atoms with Crippen LogP contribution in [0.1, 0.15) is 12.8 Å². The lowest BCUT2D eigenvalue weighted by Crippen LogP contribution is -2.30. The first-order chi connectivity index (χ1) is 4.79. The predicted molar refractivity (Wildman–Crippen MR) is 47.2 cm³/mol. The topological polar surface area (TPSA) is 15.3 Å². The fourth-order valence-corrected chi connectivity index (χ4v) is 2.24. The molecule has 0 radical (unpaired) electrons. The van der Waals surface area contributed by atoms with Crippen molar-refractivity contribution in [1.29, 1.82) is 0 Å². The quantitative estimate of drug-likeness (QED) is 0.605. The SMILES string of the molecule is CN(C)SC1CCNCC1. The third-order valence-corrected chi connectivity index (χ3v) is 2.84. The fraction of sp³-hybridized carbons (Fsp3) is 1.00. The molecule has 0 aromatic rings. The van der Waals surface area contributed by atoms with Gasteiger partial charge in [-0.3, -0.25) is 4.31 Å². The Kier molecular flexibility index (Phi) is 3.52. The number of piperidine rings is 1. The van der Waals surface area contributed by atoms with Gasteiger partial charge in [0.05, 0.1) is 0 Å². The van der Waals surface area contributed by atoms with Crippen molar-refractivity contribution < 1.29 is 0 Å². The molecule has 1 N–H and O–H groups in total. The zero-order valence-corrected chi connectivity index (χ0v) is 7.58. The van der Waals surface area contributed by atoms with Gasteiger partial charge in [0.1, 0.15) is 0 Å². The molecule has 0 saturated carbocycles. The molecule has 1 aliphatic heterocycles. The van der Waals surface area contributed by atoms with E-state index in [9.17, 15) is 0 Å². The summed E-state index contributed by atoms with van der Waals surface area (Å²) < 4.78 is 2.20. The Bertz CT molecular complexity index is 89.6. The molecule has 1 fully saturated rings. The first-order valence-electron chi connectivity index (χ1n) is 3.84. The zero-order chi connectivity index (χ0) is 7.40. The Morgan fingerprint density at radius 3 is 2.40 bits per heavy atom. The van der Waals surface area contributed by atoms with E-state index in [1.54, 1.807) is 0 Å². The highest BCUT2D eigenvalue weighted by atomic mass is 32.2. The molecule has 3 heteroatoms. The Morgan fingerprint density at radius 1 is 1.30 bits per heavy atom. The number of hydrogen-bond donors (Lipinski definition) is 1. The molecular formula is C7H16N2S. The highest BCUT2D eigenvalue weighted by Crippen LogP contribution is 2.20. The van der Waals surface area contributed by atoms with Crippen LogP contribution in [-0.2, 0) is 0 Å². The summed E-state index contributed by atoms with van der Waals surface area (Å²) in [4.78, 5) is 0. The van der Waals surface area contributed by atoms with E-state index in [4.69, 9.17) is 0 Å². The summed E-state index contributed by atoms with van der Waals surface area (Å²) in [5.74, 6) is 0. The minimum atomic E-state index is 0.858. The summed E-state index contributed by atoms with van der Waals surface area (Å²) in [6, 6.07) is 0. The van der Waals surface area contributed by atoms with Crippen LogP contribution in [0.4, 0.5) is 0 Å². The first kappa shape index (κ1) is 8.37. The van der Waals surface area contributed by atoms with E-state index in [1.807, 2.05) is 11.9 Å². The smallest absolute Gasteiger partial charge is 0.0219 e. The molecule has 1 aliphatic rings. The van der Waals surface area contributed by atoms with Gasteiger partial charge in [0.15, 0.2) is 0 Å². The van der Waals surface area contributed by atoms with Crippen molar-refractivity contribution in [3.8, 4) is 0 Å². The first-order valence-corrected chi connectivity index (χ1v) is 4.67. The summed E-state index contributed by atoms with van der Waals surface area (Å²) in [7, 11) is 4.24. The fourth-order valence-electron chi connectivity index (χ4n) is 1.20. The van der Waals surface area contributed by atoms with Crippen molar-refractivity contribution in [3.05, 3.63) is 0 Å². The average molecular weight is 160 g/mol. The van der Waals surface area contributed by atoms with Crippen molar-refractivity contribution in [2.75, 3.05) is 27.2 Å². The van der Waals surface area contributed by atoms with Crippen molar-refractivity contribution in [2.24, 2.45) is 0 Å². The van der Waals surface area contributed by atoms with E-state index in [0.717, 1.165) is 5.25 Å². The van der Waals surface area contributed by atoms with Gasteiger partial charge in [-0.2, -0.15) is 0 Å². The molecule has 0 spiro atoms. The summed E-state index contributed by atoms with van der Waals surface area (Å²) >= 11 is 1.97. The molecule has 0 aromatic heterocycles. The standard InChI is InChI=1S/C7H16N2S/c1-9(2)10-7-3-5-8-6-4-7/h7-8H,3-6H2,1-2H3. The molecule has 60 valence electrons. The molecule has 1 saturated heterocycles. The third kappa shape index (κ3) is 2.90. The average Bonchev–Trinajstić information content (AvgIpc) is 1.88. The van der Waals surface area contributed by atoms with Crippen molar-refractivity contribution >= 4 is 11.9 Å². The van der Waals surface area contributed by atoms with Gasteiger partial charge in [-0.05, 0) is 40.0 Å². The Balaban J connectivity index is 2.13. The van der Waals surface area contributed by atoms with Gasteiger partial charge < -0.3 is 5.32 Å². The summed E-state index contributed by atoms with van der Waals surface area (Å²) in [6.45, 7) is 2.40. The highest BCUT2D eigenvalue weighted by molar-refractivity contribution is 7.97. The number of nitrogens with zero attached hydrogens (tertiary/aromatic N) is 1. The third-order valence-electron chi connectivity index (χ3n) is 1.65. The van der Waals surface area contributed by atoms with Gasteiger partial charge in [-0.25, -0.2) is 0 Å². The van der Waals surface area contributed by atoms with E-state index in [0.29, 0.717) is 0 Å². The predicted octanol–water partition coefficient (Wildman–Crippen LogP) is 0.948. The number of hydrogen-bond acceptors (Lipinski definition) is 3. The lowest BCUT2D eigenvalue weighted by Gasteiger charge is -2.24. The molecule has 1 rings (SSSR count). The molecule has 0 bridgehead atoms. The number of rotatable bonds is 2. The molecule has 0 unspecified atom stereocenters. The monoisotopic (exact) mass is 160 g/mol. The maximum atomic E-state index is 3.36. The maximum absolute atomic E-state index is 3.36. The van der Waals surface area contributed by atoms with Gasteiger partial charge >= 0.3 is 0 Å². The second-order valence-corrected chi connectivity index (χ2v) is 4.47. The van der Waals surface area contributed by atoms with Gasteiger partial charge in [0.25, 0.3) is 0 Å². The van der Waals surface area contributed by atoms with Gasteiger partial charge in [-0.1, -0.05) is 11.9 Å². The van der Waals surface area contributed by atoms with Crippen LogP contribution in [0.15, 0.2) is 0 Å². The minimum absolute atomic E-state index is 0.858. The van der Waals surface area contributed by atoms with Gasteiger partial charge in [0.2, 0.25) is 0 Å². The van der Waals surface area contributed by atoms with Crippen LogP contribution in [0.3, 0.4) is 0 Å². The van der Waals surface area contributed by atoms with Crippen LogP contribution in [-0.4, -0.2) is 36.7 Å².